The van der Waals surface area contributed by atoms with E-state index in [1.54, 1.807) is 4.42 Å². The molecule has 4 rings (SSSR count). The molecule has 0 unspecified atom stereocenters. The van der Waals surface area contributed by atoms with Crippen LogP contribution in [0.5, 0.6) is 5.75 Å². The van der Waals surface area contributed by atoms with Crippen LogP contribution in [0.15, 0.2) is 30.5 Å². The SMILES string of the molecule is ClN1Cc2cc(Cc3ccc4c(c3)CCO4)cn[n+]2C1. The minimum absolute atomic E-state index is 0.660. The fourth-order valence-corrected chi connectivity index (χ4v) is 3.08. The molecule has 2 aliphatic heterocycles. The van der Waals surface area contributed by atoms with E-state index >= 15 is 0 Å². The van der Waals surface area contributed by atoms with E-state index in [1.165, 1.54) is 22.4 Å². The predicted molar refractivity (Wildman–Crippen MR) is 74.3 cm³/mol. The largest absolute Gasteiger partial charge is 0.493 e. The van der Waals surface area contributed by atoms with Gasteiger partial charge in [-0.05, 0) is 46.1 Å². The highest BCUT2D eigenvalue weighted by molar-refractivity contribution is 6.13. The summed E-state index contributed by atoms with van der Waals surface area (Å²) in [6.07, 6.45) is 3.85. The number of benzene rings is 1. The number of fused-ring (bicyclic) bond motifs is 2. The van der Waals surface area contributed by atoms with Gasteiger partial charge in [-0.15, -0.1) is 4.42 Å². The van der Waals surface area contributed by atoms with Gasteiger partial charge in [-0.25, -0.2) is 0 Å². The fraction of sp³-hybridized carbons (Fsp3) is 0.333. The smallest absolute Gasteiger partial charge is 0.244 e. The van der Waals surface area contributed by atoms with E-state index in [4.69, 9.17) is 16.5 Å². The van der Waals surface area contributed by atoms with Gasteiger partial charge in [0.25, 0.3) is 0 Å². The highest BCUT2D eigenvalue weighted by Gasteiger charge is 2.26. The number of hydrogen-bond donors (Lipinski definition) is 0. The second-order valence-corrected chi connectivity index (χ2v) is 5.81. The van der Waals surface area contributed by atoms with Crippen LogP contribution in [0.4, 0.5) is 0 Å². The van der Waals surface area contributed by atoms with E-state index < -0.39 is 0 Å². The summed E-state index contributed by atoms with van der Waals surface area (Å²) in [6, 6.07) is 8.65. The molecule has 2 aromatic rings. The topological polar surface area (TPSA) is 29.2 Å². The Morgan fingerprint density at radius 3 is 3.20 bits per heavy atom. The number of aromatic nitrogens is 2. The molecule has 0 spiro atoms. The lowest BCUT2D eigenvalue weighted by molar-refractivity contribution is -0.756. The summed E-state index contributed by atoms with van der Waals surface area (Å²) < 4.78 is 9.21. The third-order valence-corrected chi connectivity index (χ3v) is 4.06. The molecule has 0 radical (unpaired) electrons. The third-order valence-electron chi connectivity index (χ3n) is 3.83. The van der Waals surface area contributed by atoms with Gasteiger partial charge in [0.15, 0.2) is 0 Å². The Morgan fingerprint density at radius 2 is 2.25 bits per heavy atom. The average Bonchev–Trinajstić information content (AvgIpc) is 3.02. The van der Waals surface area contributed by atoms with Gasteiger partial charge in [0.1, 0.15) is 12.3 Å². The van der Waals surface area contributed by atoms with Gasteiger partial charge in [0, 0.05) is 12.5 Å². The Bertz CT molecular complexity index is 674. The summed E-state index contributed by atoms with van der Waals surface area (Å²) in [6.45, 7) is 2.22. The zero-order chi connectivity index (χ0) is 13.5. The summed E-state index contributed by atoms with van der Waals surface area (Å²) in [5, 5.41) is 4.44. The maximum absolute atomic E-state index is 6.01. The van der Waals surface area contributed by atoms with Crippen LogP contribution in [-0.2, 0) is 26.1 Å². The second-order valence-electron chi connectivity index (χ2n) is 5.33. The van der Waals surface area contributed by atoms with Gasteiger partial charge >= 0.3 is 0 Å². The number of ether oxygens (including phenoxy) is 1. The molecule has 0 saturated heterocycles. The molecule has 0 atom stereocenters. The van der Waals surface area contributed by atoms with Crippen LogP contribution in [-0.4, -0.2) is 16.1 Å². The van der Waals surface area contributed by atoms with Crippen LogP contribution >= 0.6 is 11.8 Å². The van der Waals surface area contributed by atoms with Gasteiger partial charge < -0.3 is 4.74 Å². The summed E-state index contributed by atoms with van der Waals surface area (Å²) in [4.78, 5) is 0. The molecular weight excluding hydrogens is 274 g/mol. The summed E-state index contributed by atoms with van der Waals surface area (Å²) >= 11 is 6.01. The van der Waals surface area contributed by atoms with Crippen LogP contribution in [0.1, 0.15) is 22.4 Å². The minimum atomic E-state index is 0.660. The van der Waals surface area contributed by atoms with Gasteiger partial charge in [-0.2, -0.15) is 0 Å². The molecule has 0 amide bonds. The van der Waals surface area contributed by atoms with Crippen molar-refractivity contribution >= 4 is 11.8 Å². The van der Waals surface area contributed by atoms with Gasteiger partial charge in [0.05, 0.1) is 12.8 Å². The third kappa shape index (κ3) is 2.15. The number of nitrogens with zero attached hydrogens (tertiary/aromatic N) is 3. The lowest BCUT2D eigenvalue weighted by Gasteiger charge is -2.04. The van der Waals surface area contributed by atoms with E-state index in [0.717, 1.165) is 31.7 Å². The molecule has 2 aliphatic rings. The van der Waals surface area contributed by atoms with E-state index in [0.29, 0.717) is 6.67 Å². The maximum atomic E-state index is 6.01. The lowest BCUT2D eigenvalue weighted by atomic mass is 10.0. The first-order chi connectivity index (χ1) is 9.78. The first kappa shape index (κ1) is 12.1. The normalized spacial score (nSPS) is 16.9. The van der Waals surface area contributed by atoms with Crippen molar-refractivity contribution in [3.63, 3.8) is 0 Å². The van der Waals surface area contributed by atoms with Crippen molar-refractivity contribution in [1.82, 2.24) is 9.52 Å². The van der Waals surface area contributed by atoms with Gasteiger partial charge in [0.2, 0.25) is 12.4 Å². The number of hydrogen-bond acceptors (Lipinski definition) is 3. The summed E-state index contributed by atoms with van der Waals surface area (Å²) in [7, 11) is 0. The lowest BCUT2D eigenvalue weighted by Crippen LogP contribution is -2.39. The standard InChI is InChI=1S/C15H15ClN3O/c16-18-9-14-7-12(8-17-19(14)10-18)5-11-1-2-15-13(6-11)3-4-20-15/h1-2,6-8H,3-5,9-10H2/q+1. The molecule has 1 aromatic carbocycles. The van der Waals surface area contributed by atoms with Crippen molar-refractivity contribution in [2.75, 3.05) is 6.61 Å². The van der Waals surface area contributed by atoms with Crippen molar-refractivity contribution < 1.29 is 9.42 Å². The molecule has 102 valence electrons. The molecule has 0 aliphatic carbocycles. The Kier molecular flexibility index (Phi) is 2.86. The molecule has 0 N–H and O–H groups in total. The first-order valence-corrected chi connectivity index (χ1v) is 7.15. The number of rotatable bonds is 2. The molecule has 20 heavy (non-hydrogen) atoms. The summed E-state index contributed by atoms with van der Waals surface area (Å²) in [5.41, 5.74) is 5.02. The van der Waals surface area contributed by atoms with Crippen LogP contribution in [0.25, 0.3) is 0 Å². The monoisotopic (exact) mass is 288 g/mol. The predicted octanol–water partition coefficient (Wildman–Crippen LogP) is 1.82. The van der Waals surface area contributed by atoms with Crippen molar-refractivity contribution in [1.29, 1.82) is 0 Å². The molecule has 0 bridgehead atoms. The van der Waals surface area contributed by atoms with Crippen molar-refractivity contribution in [2.45, 2.75) is 26.1 Å². The zero-order valence-corrected chi connectivity index (χ0v) is 11.8. The fourth-order valence-electron chi connectivity index (χ4n) is 2.85. The average molecular weight is 289 g/mol. The van der Waals surface area contributed by atoms with E-state index in [-0.39, 0.29) is 0 Å². The highest BCUT2D eigenvalue weighted by Crippen LogP contribution is 2.26. The molecule has 3 heterocycles. The van der Waals surface area contributed by atoms with Crippen molar-refractivity contribution in [3.05, 3.63) is 52.8 Å². The minimum Gasteiger partial charge on any atom is -0.493 e. The second kappa shape index (κ2) is 4.72. The van der Waals surface area contributed by atoms with E-state index in [1.807, 2.05) is 10.9 Å². The Labute approximate surface area is 122 Å². The van der Waals surface area contributed by atoms with Crippen molar-refractivity contribution in [2.24, 2.45) is 0 Å². The van der Waals surface area contributed by atoms with Crippen LogP contribution in [0.2, 0.25) is 0 Å². The van der Waals surface area contributed by atoms with E-state index in [2.05, 4.69) is 29.4 Å². The Morgan fingerprint density at radius 1 is 1.30 bits per heavy atom. The Hall–Kier alpha value is -1.65. The van der Waals surface area contributed by atoms with Crippen LogP contribution in [0.3, 0.4) is 0 Å². The molecule has 0 saturated carbocycles. The van der Waals surface area contributed by atoms with Gasteiger partial charge in [-0.1, -0.05) is 16.8 Å². The van der Waals surface area contributed by atoms with Crippen LogP contribution < -0.4 is 9.42 Å². The Balaban J connectivity index is 1.59. The van der Waals surface area contributed by atoms with Gasteiger partial charge in [-0.3, -0.25) is 0 Å². The molecule has 0 fully saturated rings. The van der Waals surface area contributed by atoms with E-state index in [9.17, 15) is 0 Å². The van der Waals surface area contributed by atoms with Crippen molar-refractivity contribution in [3.8, 4) is 5.75 Å². The number of halogens is 1. The maximum Gasteiger partial charge on any atom is 0.244 e. The highest BCUT2D eigenvalue weighted by atomic mass is 35.5. The molecule has 1 aromatic heterocycles. The quantitative estimate of drug-likeness (QED) is 0.624. The summed E-state index contributed by atoms with van der Waals surface area (Å²) in [5.74, 6) is 1.04. The molecule has 4 nitrogen and oxygen atoms in total. The zero-order valence-electron chi connectivity index (χ0n) is 11.1. The molecule has 5 heteroatoms. The molecular formula is C15H15ClN3O+. The first-order valence-electron chi connectivity index (χ1n) is 6.81. The van der Waals surface area contributed by atoms with Crippen LogP contribution in [0, 0.1) is 0 Å².